The number of hydrogen-bond acceptors (Lipinski definition) is 19. The molecule has 0 spiro atoms. The lowest BCUT2D eigenvalue weighted by Crippen LogP contribution is -2.48. The topological polar surface area (TPSA) is 523 Å². The summed E-state index contributed by atoms with van der Waals surface area (Å²) in [5.41, 5.74) is 43.5. The maximum Gasteiger partial charge on any atom is 0.408 e. The minimum Gasteiger partial charge on any atom is -0.508 e. The molecule has 7 amide bonds. The van der Waals surface area contributed by atoms with E-state index in [4.69, 9.17) is 57.1 Å². The third-order valence-corrected chi connectivity index (χ3v) is 18.7. The molecule has 8 atom stereocenters. The first-order valence-corrected chi connectivity index (χ1v) is 39.1. The number of unbranched alkanes of at least 4 members (excludes halogenated alkanes) is 2. The van der Waals surface area contributed by atoms with Gasteiger partial charge in [-0.15, -0.1) is 0 Å². The SMILES string of the molecule is C.[2H][C@](CC(=O)[C@H](CCCCN)NC(=O)[C@@H](CC(=O)[C@@H](CCCN=C(N)N)NC(=O)OC(C)(C)C)Cc1c(C)cc(O)cc1C)(Cc1ccccc1)C(N)=O.[2H][C@](CC(=O)[C@H](CCCCNC(=O)OCc1ccccc1)NC(=O)[C@@H](CC(=O)[C@@H](CCCN=C(N)N)NC(=O)OC(C)(C)C)Cc1c(C)cc(O)cc1C)(Cc1ccccc1)C(N)=O.[B]. The number of rotatable bonds is 47. The molecule has 0 heterocycles. The number of benzene rings is 5. The Balaban J connectivity index is 0.000000811. The second-order valence-corrected chi connectivity index (χ2v) is 31.0. The summed E-state index contributed by atoms with van der Waals surface area (Å²) in [6.07, 6.45) is -1.58. The Labute approximate surface area is 699 Å². The molecule has 31 heteroatoms. The lowest BCUT2D eigenvalue weighted by molar-refractivity contribution is -0.134. The second kappa shape index (κ2) is 52.4. The van der Waals surface area contributed by atoms with E-state index in [9.17, 15) is 63.0 Å². The van der Waals surface area contributed by atoms with Crippen molar-refractivity contribution in [3.63, 3.8) is 0 Å². The smallest absolute Gasteiger partial charge is 0.408 e. The van der Waals surface area contributed by atoms with Crippen LogP contribution in [0.15, 0.2) is 125 Å². The van der Waals surface area contributed by atoms with Crippen LogP contribution in [0.1, 0.15) is 192 Å². The highest BCUT2D eigenvalue weighted by atomic mass is 16.6. The fourth-order valence-corrected chi connectivity index (χ4v) is 12.9. The number of hydrogen-bond donors (Lipinski definition) is 14. The molecule has 118 heavy (non-hydrogen) atoms. The van der Waals surface area contributed by atoms with Crippen molar-refractivity contribution >= 4 is 85.4 Å². The lowest BCUT2D eigenvalue weighted by Gasteiger charge is -2.26. The Morgan fingerprint density at radius 2 is 0.763 bits per heavy atom. The Kier molecular flexibility index (Phi) is 43.9. The van der Waals surface area contributed by atoms with E-state index in [1.807, 2.05) is 30.3 Å². The number of Topliss-reactive ketones (excluding diaryl/α,β-unsaturated/α-hetero) is 4. The van der Waals surface area contributed by atoms with Gasteiger partial charge in [0.1, 0.15) is 29.3 Å². The number of carbonyl (C=O) groups excluding carboxylic acids is 11. The van der Waals surface area contributed by atoms with Crippen LogP contribution in [0.2, 0.25) is 0 Å². The number of ketones is 4. The van der Waals surface area contributed by atoms with Crippen molar-refractivity contribution in [3.8, 4) is 11.5 Å². The number of phenols is 2. The van der Waals surface area contributed by atoms with Gasteiger partial charge in [-0.1, -0.05) is 98.4 Å². The number of aromatic hydroxyl groups is 2. The molecule has 0 aliphatic carbocycles. The number of nitrogens with one attached hydrogen (secondary N) is 5. The normalized spacial score (nSPS) is 13.8. The summed E-state index contributed by atoms with van der Waals surface area (Å²) < 4.78 is 34.1. The highest BCUT2D eigenvalue weighted by Crippen LogP contribution is 2.29. The highest BCUT2D eigenvalue weighted by Gasteiger charge is 2.36. The molecule has 30 nitrogen and oxygen atoms in total. The number of aliphatic imine (C=N–C) groups is 2. The summed E-state index contributed by atoms with van der Waals surface area (Å²) in [5, 5.41) is 34.1. The molecule has 0 aliphatic rings. The Hall–Kier alpha value is -11.4. The Morgan fingerprint density at radius 1 is 0.441 bits per heavy atom. The summed E-state index contributed by atoms with van der Waals surface area (Å²) in [4.78, 5) is 157. The van der Waals surface area contributed by atoms with Crippen molar-refractivity contribution in [2.24, 2.45) is 73.7 Å². The summed E-state index contributed by atoms with van der Waals surface area (Å²) in [6, 6.07) is 28.3. The highest BCUT2D eigenvalue weighted by molar-refractivity contribution is 5.97. The van der Waals surface area contributed by atoms with Gasteiger partial charge in [0.25, 0.3) is 0 Å². The fraction of sp³-hybridized carbons (Fsp3) is 0.506. The van der Waals surface area contributed by atoms with Crippen molar-refractivity contribution in [1.29, 1.82) is 0 Å². The van der Waals surface area contributed by atoms with E-state index in [-0.39, 0.29) is 130 Å². The van der Waals surface area contributed by atoms with Crippen LogP contribution in [0.25, 0.3) is 0 Å². The molecule has 0 fully saturated rings. The quantitative estimate of drug-likeness (QED) is 0.00573. The van der Waals surface area contributed by atoms with Gasteiger partial charge >= 0.3 is 18.3 Å². The average molecular weight is 1640 g/mol. The van der Waals surface area contributed by atoms with Crippen molar-refractivity contribution in [3.05, 3.63) is 165 Å². The molecule has 5 aromatic rings. The predicted molar refractivity (Wildman–Crippen MR) is 458 cm³/mol. The molecule has 0 saturated heterocycles. The molecule has 0 bridgehead atoms. The van der Waals surface area contributed by atoms with E-state index in [0.29, 0.717) is 84.0 Å². The van der Waals surface area contributed by atoms with Crippen LogP contribution >= 0.6 is 0 Å². The summed E-state index contributed by atoms with van der Waals surface area (Å²) in [5.74, 6) is -11.8. The maximum atomic E-state index is 14.6. The number of alkyl carbamates (subject to hydrolysis) is 3. The van der Waals surface area contributed by atoms with E-state index in [0.717, 1.165) is 11.1 Å². The number of phenolic OH excluding ortho intramolecular Hbond substituents is 2. The standard InChI is InChI=1S/C47H65N7O9.C39H59N7O7.CH4.B/c1-30-23-36(55)24-31(2)37(30)26-35(28-41(57)39(20-14-22-51-44(49)50)54-46(61)63-47(3,4)5)43(59)53-38(40(56)27-34(42(48)58)25-32-15-8-6-9-16-32)19-12-13-21-52-45(60)62-29-33-17-10-7-11-18-33;1-24-18-29(47)19-25(2)30(24)21-28(23-34(49)32(15-11-17-44-37(42)43)46-38(52)53-39(3,4)5)36(51)45-31(14-9-10-16-40)33(48)22-27(35(41)50)20-26-12-7-6-8-13-26;;/h6-11,15-18,23-24,34-35,38-39,55H,12-14,19-22,25-29H2,1-5H3,(H2,48,58)(H,52,60)(H,53,59)(H,54,61)(H4,49,50,51);6-8,12-13,18-19,27-28,31-32,47H,9-11,14-17,20-23,40H2,1-5H3,(H2,41,50)(H,45,51)(H,46,52)(H4,42,43,44);1H4;/t34-,35-,38+,39-;27-,28-,31+,32-;;/m11../s1/i34D;27D;;. The number of ether oxygens (including phenoxy) is 3. The molecule has 0 unspecified atom stereocenters. The number of guanidine groups is 2. The van der Waals surface area contributed by atoms with Gasteiger partial charge in [0.2, 0.25) is 23.6 Å². The first-order chi connectivity index (χ1) is 55.4. The second-order valence-electron chi connectivity index (χ2n) is 31.0. The Bertz CT molecular complexity index is 4190. The van der Waals surface area contributed by atoms with Crippen LogP contribution in [-0.2, 0) is 84.9 Å². The monoisotopic (exact) mass is 1640 g/mol. The van der Waals surface area contributed by atoms with E-state index in [2.05, 4.69) is 36.6 Å². The maximum absolute atomic E-state index is 14.6. The zero-order valence-electron chi connectivity index (χ0n) is 71.3. The molecule has 0 saturated carbocycles. The van der Waals surface area contributed by atoms with Crippen LogP contribution < -0.4 is 66.7 Å². The zero-order valence-corrected chi connectivity index (χ0v) is 69.3. The Morgan fingerprint density at radius 3 is 1.09 bits per heavy atom. The number of nitrogens with two attached hydrogens (primary N) is 7. The third-order valence-electron chi connectivity index (χ3n) is 18.7. The molecule has 5 rings (SSSR count). The molecule has 0 aliphatic heterocycles. The molecular weight excluding hydrogens is 1510 g/mol. The molecule has 5 aromatic carbocycles. The number of aryl methyl sites for hydroxylation is 4. The van der Waals surface area contributed by atoms with Crippen LogP contribution in [0.3, 0.4) is 0 Å². The van der Waals surface area contributed by atoms with Gasteiger partial charge in [-0.2, -0.15) is 0 Å². The van der Waals surface area contributed by atoms with Gasteiger partial charge in [0, 0.05) is 80.1 Å². The van der Waals surface area contributed by atoms with Crippen molar-refractivity contribution < 1.29 is 79.9 Å². The van der Waals surface area contributed by atoms with Crippen LogP contribution in [0, 0.1) is 51.3 Å². The van der Waals surface area contributed by atoms with E-state index >= 15 is 0 Å². The van der Waals surface area contributed by atoms with E-state index < -0.39 is 137 Å². The largest absolute Gasteiger partial charge is 0.508 e. The van der Waals surface area contributed by atoms with E-state index in [1.54, 1.807) is 142 Å². The van der Waals surface area contributed by atoms with Gasteiger partial charge in [-0.3, -0.25) is 48.3 Å². The number of nitrogens with zero attached hydrogens (tertiary/aromatic N) is 2. The lowest BCUT2D eigenvalue weighted by atomic mass is 9.86. The average Bonchev–Trinajstić information content (AvgIpc) is 0.828. The van der Waals surface area contributed by atoms with Gasteiger partial charge in [-0.25, -0.2) is 14.4 Å². The van der Waals surface area contributed by atoms with Crippen LogP contribution in [-0.4, -0.2) is 157 Å². The molecule has 0 aromatic heterocycles. The molecule has 645 valence electrons. The fourth-order valence-electron chi connectivity index (χ4n) is 12.9. The van der Waals surface area contributed by atoms with Gasteiger partial charge in [0.05, 0.1) is 24.2 Å². The summed E-state index contributed by atoms with van der Waals surface area (Å²) >= 11 is 0. The van der Waals surface area contributed by atoms with Crippen molar-refractivity contribution in [1.82, 2.24) is 26.6 Å². The van der Waals surface area contributed by atoms with Crippen LogP contribution in [0.4, 0.5) is 14.4 Å². The van der Waals surface area contributed by atoms with Crippen LogP contribution in [0.5, 0.6) is 11.5 Å². The van der Waals surface area contributed by atoms with Gasteiger partial charge in [-0.05, 0) is 240 Å². The molecule has 3 radical (unpaired) electrons. The number of amides is 7. The first-order valence-electron chi connectivity index (χ1n) is 40.1. The zero-order chi connectivity index (χ0) is 88.1. The summed E-state index contributed by atoms with van der Waals surface area (Å²) in [6.45, 7) is 18.1. The molecular formula is C87H128BN14O16. The van der Waals surface area contributed by atoms with Gasteiger partial charge < -0.3 is 91.1 Å². The van der Waals surface area contributed by atoms with E-state index in [1.165, 1.54) is 12.1 Å². The van der Waals surface area contributed by atoms with Crippen molar-refractivity contribution in [2.75, 3.05) is 26.2 Å². The first kappa shape index (κ1) is 99.0. The number of primary amides is 2. The summed E-state index contributed by atoms with van der Waals surface area (Å²) in [7, 11) is 0. The number of carbonyl (C=O) groups is 11. The van der Waals surface area contributed by atoms with Gasteiger partial charge in [0.15, 0.2) is 35.1 Å². The third kappa shape index (κ3) is 40.5. The molecule has 21 N–H and O–H groups in total. The predicted octanol–water partition coefficient (Wildman–Crippen LogP) is 8.21. The minimum absolute atomic E-state index is 0. The van der Waals surface area contributed by atoms with Crippen molar-refractivity contribution in [2.45, 2.75) is 234 Å². The minimum atomic E-state index is -2.06.